The molecule has 0 aliphatic heterocycles. The predicted octanol–water partition coefficient (Wildman–Crippen LogP) is 4.60. The molecule has 0 fully saturated rings. The molecule has 1 N–H and O–H groups in total. The van der Waals surface area contributed by atoms with Crippen molar-refractivity contribution in [2.75, 3.05) is 0 Å². The SMILES string of the molecule is Cc1ccc(-c2ccc(O)c(C(=O)c3ccccc3)c2)cc1. The number of phenols is 1. The molecule has 0 aliphatic rings. The molecule has 3 rings (SSSR count). The molecule has 0 heterocycles. The van der Waals surface area contributed by atoms with E-state index >= 15 is 0 Å². The van der Waals surface area contributed by atoms with Crippen LogP contribution in [0.25, 0.3) is 11.1 Å². The van der Waals surface area contributed by atoms with Gasteiger partial charge in [-0.15, -0.1) is 0 Å². The molecule has 0 spiro atoms. The predicted molar refractivity (Wildman–Crippen MR) is 88.2 cm³/mol. The van der Waals surface area contributed by atoms with Crippen molar-refractivity contribution in [1.29, 1.82) is 0 Å². The summed E-state index contributed by atoms with van der Waals surface area (Å²) in [5.74, 6) is -0.170. The largest absolute Gasteiger partial charge is 0.507 e. The van der Waals surface area contributed by atoms with E-state index in [1.54, 1.807) is 24.3 Å². The van der Waals surface area contributed by atoms with Crippen LogP contribution in [-0.4, -0.2) is 10.9 Å². The van der Waals surface area contributed by atoms with Gasteiger partial charge in [0.05, 0.1) is 5.56 Å². The van der Waals surface area contributed by atoms with Gasteiger partial charge < -0.3 is 5.11 Å². The number of ketones is 1. The van der Waals surface area contributed by atoms with Crippen LogP contribution in [-0.2, 0) is 0 Å². The molecule has 0 amide bonds. The van der Waals surface area contributed by atoms with E-state index in [0.29, 0.717) is 11.1 Å². The standard InChI is InChI=1S/C20H16O2/c1-14-7-9-15(10-8-14)17-11-12-19(21)18(13-17)20(22)16-5-3-2-4-6-16/h2-13,21H,1H3. The van der Waals surface area contributed by atoms with E-state index in [-0.39, 0.29) is 11.5 Å². The Hall–Kier alpha value is -2.87. The summed E-state index contributed by atoms with van der Waals surface area (Å²) in [7, 11) is 0. The Morgan fingerprint density at radius 1 is 0.818 bits per heavy atom. The van der Waals surface area contributed by atoms with Crippen LogP contribution < -0.4 is 0 Å². The number of rotatable bonds is 3. The van der Waals surface area contributed by atoms with Crippen molar-refractivity contribution in [1.82, 2.24) is 0 Å². The lowest BCUT2D eigenvalue weighted by molar-refractivity contribution is 0.103. The van der Waals surface area contributed by atoms with E-state index in [4.69, 9.17) is 0 Å². The van der Waals surface area contributed by atoms with Gasteiger partial charge in [0.1, 0.15) is 5.75 Å². The summed E-state index contributed by atoms with van der Waals surface area (Å²) in [6.07, 6.45) is 0. The van der Waals surface area contributed by atoms with Gasteiger partial charge in [0.2, 0.25) is 0 Å². The molecule has 22 heavy (non-hydrogen) atoms. The molecule has 3 aromatic carbocycles. The first kappa shape index (κ1) is 14.1. The summed E-state index contributed by atoms with van der Waals surface area (Å²) in [6.45, 7) is 2.03. The Bertz CT molecular complexity index is 803. The zero-order valence-electron chi connectivity index (χ0n) is 12.3. The van der Waals surface area contributed by atoms with Crippen molar-refractivity contribution in [2.24, 2.45) is 0 Å². The van der Waals surface area contributed by atoms with Crippen LogP contribution in [0.4, 0.5) is 0 Å². The maximum Gasteiger partial charge on any atom is 0.196 e. The van der Waals surface area contributed by atoms with Gasteiger partial charge in [0, 0.05) is 5.56 Å². The van der Waals surface area contributed by atoms with E-state index in [2.05, 4.69) is 0 Å². The number of hydrogen-bond donors (Lipinski definition) is 1. The molecule has 0 saturated heterocycles. The van der Waals surface area contributed by atoms with Crippen LogP contribution in [0.15, 0.2) is 72.8 Å². The molecule has 0 bridgehead atoms. The molecule has 0 saturated carbocycles. The fraction of sp³-hybridized carbons (Fsp3) is 0.0500. The summed E-state index contributed by atoms with van der Waals surface area (Å²) >= 11 is 0. The minimum absolute atomic E-state index is 0.00437. The maximum absolute atomic E-state index is 12.5. The Kier molecular flexibility index (Phi) is 3.75. The van der Waals surface area contributed by atoms with Crippen LogP contribution in [0, 0.1) is 6.92 Å². The summed E-state index contributed by atoms with van der Waals surface area (Å²) in [5.41, 5.74) is 4.01. The molecule has 2 nitrogen and oxygen atoms in total. The highest BCUT2D eigenvalue weighted by Gasteiger charge is 2.14. The number of aromatic hydroxyl groups is 1. The van der Waals surface area contributed by atoms with Gasteiger partial charge in [0.15, 0.2) is 5.78 Å². The average molecular weight is 288 g/mol. The lowest BCUT2D eigenvalue weighted by Crippen LogP contribution is -2.01. The second-order valence-corrected chi connectivity index (χ2v) is 5.29. The Morgan fingerprint density at radius 2 is 1.45 bits per heavy atom. The minimum Gasteiger partial charge on any atom is -0.507 e. The number of carbonyl (C=O) groups excluding carboxylic acids is 1. The highest BCUT2D eigenvalue weighted by Crippen LogP contribution is 2.28. The first-order valence-electron chi connectivity index (χ1n) is 7.15. The summed E-state index contributed by atoms with van der Waals surface area (Å²) in [5, 5.41) is 10.0. The number of carbonyl (C=O) groups is 1. The van der Waals surface area contributed by atoms with Crippen molar-refractivity contribution >= 4 is 5.78 Å². The topological polar surface area (TPSA) is 37.3 Å². The summed E-state index contributed by atoms with van der Waals surface area (Å²) in [6, 6.07) is 22.2. The molecule has 0 aromatic heterocycles. The third kappa shape index (κ3) is 2.77. The normalized spacial score (nSPS) is 10.4. The van der Waals surface area contributed by atoms with Crippen LogP contribution in [0.3, 0.4) is 0 Å². The van der Waals surface area contributed by atoms with Crippen LogP contribution in [0.5, 0.6) is 5.75 Å². The van der Waals surface area contributed by atoms with Gasteiger partial charge in [-0.2, -0.15) is 0 Å². The van der Waals surface area contributed by atoms with Gasteiger partial charge in [-0.25, -0.2) is 0 Å². The monoisotopic (exact) mass is 288 g/mol. The van der Waals surface area contributed by atoms with Crippen molar-refractivity contribution in [3.05, 3.63) is 89.5 Å². The molecule has 0 atom stereocenters. The summed E-state index contributed by atoms with van der Waals surface area (Å²) < 4.78 is 0. The first-order chi connectivity index (χ1) is 10.6. The number of hydrogen-bond acceptors (Lipinski definition) is 2. The van der Waals surface area contributed by atoms with E-state index in [1.165, 1.54) is 5.56 Å². The minimum atomic E-state index is -0.174. The first-order valence-corrected chi connectivity index (χ1v) is 7.15. The third-order valence-corrected chi connectivity index (χ3v) is 3.66. The highest BCUT2D eigenvalue weighted by atomic mass is 16.3. The lowest BCUT2D eigenvalue weighted by Gasteiger charge is -2.08. The van der Waals surface area contributed by atoms with Gasteiger partial charge in [0.25, 0.3) is 0 Å². The van der Waals surface area contributed by atoms with Crippen LogP contribution in [0.2, 0.25) is 0 Å². The number of phenolic OH excluding ortho intramolecular Hbond substituents is 1. The Morgan fingerprint density at radius 3 is 2.14 bits per heavy atom. The molecule has 0 radical (unpaired) electrons. The molecule has 3 aromatic rings. The van der Waals surface area contributed by atoms with Crippen molar-refractivity contribution in [3.63, 3.8) is 0 Å². The maximum atomic E-state index is 12.5. The molecule has 0 aliphatic carbocycles. The van der Waals surface area contributed by atoms with Crippen molar-refractivity contribution < 1.29 is 9.90 Å². The quantitative estimate of drug-likeness (QED) is 0.715. The second-order valence-electron chi connectivity index (χ2n) is 5.29. The zero-order chi connectivity index (χ0) is 15.5. The van der Waals surface area contributed by atoms with Crippen LogP contribution in [0.1, 0.15) is 21.5 Å². The lowest BCUT2D eigenvalue weighted by atomic mass is 9.97. The average Bonchev–Trinajstić information content (AvgIpc) is 2.56. The van der Waals surface area contributed by atoms with Crippen molar-refractivity contribution in [3.8, 4) is 16.9 Å². The van der Waals surface area contributed by atoms with Gasteiger partial charge >= 0.3 is 0 Å². The Labute approximate surface area is 129 Å². The van der Waals surface area contributed by atoms with Gasteiger partial charge in [-0.05, 0) is 30.2 Å². The third-order valence-electron chi connectivity index (χ3n) is 3.66. The van der Waals surface area contributed by atoms with E-state index in [1.807, 2.05) is 55.5 Å². The van der Waals surface area contributed by atoms with Crippen molar-refractivity contribution in [2.45, 2.75) is 6.92 Å². The van der Waals surface area contributed by atoms with Crippen LogP contribution >= 0.6 is 0 Å². The summed E-state index contributed by atoms with van der Waals surface area (Å²) in [4.78, 5) is 12.5. The number of benzene rings is 3. The Balaban J connectivity index is 2.04. The molecule has 108 valence electrons. The van der Waals surface area contributed by atoms with E-state index < -0.39 is 0 Å². The van der Waals surface area contributed by atoms with Gasteiger partial charge in [-0.3, -0.25) is 4.79 Å². The fourth-order valence-corrected chi connectivity index (χ4v) is 2.39. The van der Waals surface area contributed by atoms with Gasteiger partial charge in [-0.1, -0.05) is 66.2 Å². The molecular formula is C20H16O2. The van der Waals surface area contributed by atoms with E-state index in [9.17, 15) is 9.90 Å². The number of aryl methyl sites for hydroxylation is 1. The zero-order valence-corrected chi connectivity index (χ0v) is 12.3. The smallest absolute Gasteiger partial charge is 0.196 e. The molecule has 2 heteroatoms. The molecule has 0 unspecified atom stereocenters. The van der Waals surface area contributed by atoms with E-state index in [0.717, 1.165) is 11.1 Å². The fourth-order valence-electron chi connectivity index (χ4n) is 2.39. The molecular weight excluding hydrogens is 272 g/mol. The highest BCUT2D eigenvalue weighted by molar-refractivity contribution is 6.11. The second kappa shape index (κ2) is 5.86.